The summed E-state index contributed by atoms with van der Waals surface area (Å²) in [6, 6.07) is 21.5. The highest BCUT2D eigenvalue weighted by Gasteiger charge is 2.23. The number of aromatic nitrogens is 1. The third-order valence-corrected chi connectivity index (χ3v) is 4.56. The first-order valence-corrected chi connectivity index (χ1v) is 10.4. The lowest BCUT2D eigenvalue weighted by molar-refractivity contribution is -0.124. The molecule has 3 rings (SSSR count). The van der Waals surface area contributed by atoms with Crippen molar-refractivity contribution >= 4 is 35.1 Å². The fourth-order valence-electron chi connectivity index (χ4n) is 2.74. The Morgan fingerprint density at radius 2 is 1.00 bits per heavy atom. The molecule has 1 heterocycles. The summed E-state index contributed by atoms with van der Waals surface area (Å²) >= 11 is 0. The van der Waals surface area contributed by atoms with Crippen LogP contribution in [0.25, 0.3) is 0 Å². The summed E-state index contributed by atoms with van der Waals surface area (Å²) in [4.78, 5) is 53.3. The standard InChI is InChI=1S/C25H23N3O6/c1-16(22(29)26-18-10-5-3-6-11-18)33-24(31)20-14-9-15-21(28-20)25(32)34-17(2)23(30)27-19-12-7-4-8-13-19/h3-17H,1-2H3,(H,26,29)(H,27,30). The van der Waals surface area contributed by atoms with Gasteiger partial charge in [0.1, 0.15) is 11.4 Å². The summed E-state index contributed by atoms with van der Waals surface area (Å²) in [6.07, 6.45) is -2.21. The van der Waals surface area contributed by atoms with E-state index in [-0.39, 0.29) is 11.4 Å². The summed E-state index contributed by atoms with van der Waals surface area (Å²) in [5.41, 5.74) is 0.748. The van der Waals surface area contributed by atoms with Crippen molar-refractivity contribution in [3.05, 3.63) is 90.3 Å². The van der Waals surface area contributed by atoms with Gasteiger partial charge in [-0.25, -0.2) is 14.6 Å². The number of benzene rings is 2. The number of carbonyl (C=O) groups is 4. The summed E-state index contributed by atoms with van der Waals surface area (Å²) in [6.45, 7) is 2.84. The molecule has 9 heteroatoms. The van der Waals surface area contributed by atoms with E-state index in [9.17, 15) is 19.2 Å². The lowest BCUT2D eigenvalue weighted by Crippen LogP contribution is -2.31. The van der Waals surface area contributed by atoms with Crippen molar-refractivity contribution in [2.24, 2.45) is 0 Å². The second-order valence-corrected chi connectivity index (χ2v) is 7.21. The molecule has 2 N–H and O–H groups in total. The summed E-state index contributed by atoms with van der Waals surface area (Å²) in [7, 11) is 0. The molecule has 9 nitrogen and oxygen atoms in total. The number of pyridine rings is 1. The predicted octanol–water partition coefficient (Wildman–Crippen LogP) is 3.45. The van der Waals surface area contributed by atoms with Crippen molar-refractivity contribution in [2.75, 3.05) is 10.6 Å². The van der Waals surface area contributed by atoms with Crippen LogP contribution in [0, 0.1) is 0 Å². The Morgan fingerprint density at radius 1 is 0.618 bits per heavy atom. The molecule has 0 saturated heterocycles. The van der Waals surface area contributed by atoms with Crippen molar-refractivity contribution in [2.45, 2.75) is 26.1 Å². The fraction of sp³-hybridized carbons (Fsp3) is 0.160. The van der Waals surface area contributed by atoms with E-state index in [4.69, 9.17) is 9.47 Å². The quantitative estimate of drug-likeness (QED) is 0.493. The maximum Gasteiger partial charge on any atom is 0.357 e. The molecule has 0 fully saturated rings. The van der Waals surface area contributed by atoms with Crippen LogP contribution in [0.1, 0.15) is 34.8 Å². The van der Waals surface area contributed by atoms with E-state index in [0.717, 1.165) is 0 Å². The molecule has 2 unspecified atom stereocenters. The molecule has 34 heavy (non-hydrogen) atoms. The molecule has 0 aliphatic heterocycles. The molecule has 0 spiro atoms. The van der Waals surface area contributed by atoms with Crippen LogP contribution >= 0.6 is 0 Å². The summed E-state index contributed by atoms with van der Waals surface area (Å²) in [5, 5.41) is 5.26. The first-order valence-electron chi connectivity index (χ1n) is 10.4. The third-order valence-electron chi connectivity index (χ3n) is 4.56. The van der Waals surface area contributed by atoms with Crippen LogP contribution in [0.3, 0.4) is 0 Å². The van der Waals surface area contributed by atoms with E-state index in [1.54, 1.807) is 60.7 Å². The minimum Gasteiger partial charge on any atom is -0.448 e. The Hall–Kier alpha value is -4.53. The van der Waals surface area contributed by atoms with Gasteiger partial charge in [-0.15, -0.1) is 0 Å². The molecule has 174 valence electrons. The number of esters is 2. The van der Waals surface area contributed by atoms with Crippen LogP contribution in [-0.4, -0.2) is 40.9 Å². The molecular weight excluding hydrogens is 438 g/mol. The number of carbonyl (C=O) groups excluding carboxylic acids is 4. The molecule has 3 aromatic rings. The molecule has 0 saturated carbocycles. The Kier molecular flexibility index (Phi) is 8.07. The minimum absolute atomic E-state index is 0.185. The molecule has 0 radical (unpaired) electrons. The normalized spacial score (nSPS) is 12.1. The maximum atomic E-state index is 12.4. The van der Waals surface area contributed by atoms with Crippen molar-refractivity contribution in [3.8, 4) is 0 Å². The Bertz CT molecular complexity index is 1080. The molecule has 2 aromatic carbocycles. The van der Waals surface area contributed by atoms with E-state index in [2.05, 4.69) is 15.6 Å². The molecule has 2 atom stereocenters. The van der Waals surface area contributed by atoms with E-state index in [1.165, 1.54) is 32.0 Å². The maximum absolute atomic E-state index is 12.4. The van der Waals surface area contributed by atoms with E-state index in [1.807, 2.05) is 0 Å². The van der Waals surface area contributed by atoms with Gasteiger partial charge in [-0.1, -0.05) is 42.5 Å². The van der Waals surface area contributed by atoms with Gasteiger partial charge in [0.25, 0.3) is 11.8 Å². The van der Waals surface area contributed by atoms with Gasteiger partial charge in [0, 0.05) is 11.4 Å². The van der Waals surface area contributed by atoms with Crippen LogP contribution in [0.5, 0.6) is 0 Å². The number of hydrogen-bond acceptors (Lipinski definition) is 7. The van der Waals surface area contributed by atoms with Crippen molar-refractivity contribution in [3.63, 3.8) is 0 Å². The molecule has 0 aliphatic rings. The second kappa shape index (κ2) is 11.4. The second-order valence-electron chi connectivity index (χ2n) is 7.21. The topological polar surface area (TPSA) is 124 Å². The first-order chi connectivity index (χ1) is 16.3. The highest BCUT2D eigenvalue weighted by Crippen LogP contribution is 2.11. The van der Waals surface area contributed by atoms with Gasteiger partial charge in [0.05, 0.1) is 0 Å². The fourth-order valence-corrected chi connectivity index (χ4v) is 2.74. The summed E-state index contributed by atoms with van der Waals surface area (Å²) in [5.74, 6) is -2.82. The predicted molar refractivity (Wildman–Crippen MR) is 124 cm³/mol. The number of ether oxygens (including phenoxy) is 2. The number of amides is 2. The largest absolute Gasteiger partial charge is 0.448 e. The zero-order chi connectivity index (χ0) is 24.5. The van der Waals surface area contributed by atoms with Gasteiger partial charge >= 0.3 is 11.9 Å². The highest BCUT2D eigenvalue weighted by molar-refractivity contribution is 5.98. The zero-order valence-corrected chi connectivity index (χ0v) is 18.6. The van der Waals surface area contributed by atoms with Crippen LogP contribution in [0.15, 0.2) is 78.9 Å². The average Bonchev–Trinajstić information content (AvgIpc) is 2.85. The monoisotopic (exact) mass is 461 g/mol. The molecule has 0 bridgehead atoms. The SMILES string of the molecule is CC(OC(=O)c1cccc(C(=O)OC(C)C(=O)Nc2ccccc2)n1)C(=O)Nc1ccccc1. The van der Waals surface area contributed by atoms with Gasteiger partial charge in [-0.05, 0) is 50.2 Å². The van der Waals surface area contributed by atoms with E-state index < -0.39 is 36.0 Å². The number of anilines is 2. The van der Waals surface area contributed by atoms with Gasteiger partial charge < -0.3 is 20.1 Å². The van der Waals surface area contributed by atoms with Crippen molar-refractivity contribution in [1.29, 1.82) is 0 Å². The minimum atomic E-state index is -1.10. The van der Waals surface area contributed by atoms with Crippen molar-refractivity contribution in [1.82, 2.24) is 4.98 Å². The van der Waals surface area contributed by atoms with E-state index >= 15 is 0 Å². The molecular formula is C25H23N3O6. The number of hydrogen-bond donors (Lipinski definition) is 2. The van der Waals surface area contributed by atoms with Crippen LogP contribution < -0.4 is 10.6 Å². The number of nitrogens with one attached hydrogen (secondary N) is 2. The number of nitrogens with zero attached hydrogens (tertiary/aromatic N) is 1. The highest BCUT2D eigenvalue weighted by atomic mass is 16.6. The Morgan fingerprint density at radius 3 is 1.38 bits per heavy atom. The van der Waals surface area contributed by atoms with Gasteiger partial charge in [-0.2, -0.15) is 0 Å². The third kappa shape index (κ3) is 6.73. The average molecular weight is 461 g/mol. The smallest absolute Gasteiger partial charge is 0.357 e. The van der Waals surface area contributed by atoms with Gasteiger partial charge in [0.15, 0.2) is 12.2 Å². The Labute approximate surface area is 196 Å². The lowest BCUT2D eigenvalue weighted by atomic mass is 10.2. The molecule has 2 amide bonds. The number of para-hydroxylation sites is 2. The zero-order valence-electron chi connectivity index (χ0n) is 18.6. The van der Waals surface area contributed by atoms with Crippen LogP contribution in [-0.2, 0) is 19.1 Å². The first kappa shape index (κ1) is 24.1. The number of rotatable bonds is 8. The lowest BCUT2D eigenvalue weighted by Gasteiger charge is -2.14. The Balaban J connectivity index is 1.57. The van der Waals surface area contributed by atoms with Gasteiger partial charge in [0.2, 0.25) is 0 Å². The van der Waals surface area contributed by atoms with Crippen LogP contribution in [0.4, 0.5) is 11.4 Å². The summed E-state index contributed by atoms with van der Waals surface area (Å²) < 4.78 is 10.3. The van der Waals surface area contributed by atoms with Crippen LogP contribution in [0.2, 0.25) is 0 Å². The molecule has 1 aromatic heterocycles. The van der Waals surface area contributed by atoms with Crippen molar-refractivity contribution < 1.29 is 28.7 Å². The van der Waals surface area contributed by atoms with Gasteiger partial charge in [-0.3, -0.25) is 9.59 Å². The molecule has 0 aliphatic carbocycles. The van der Waals surface area contributed by atoms with E-state index in [0.29, 0.717) is 11.4 Å².